The van der Waals surface area contributed by atoms with Crippen molar-refractivity contribution in [2.75, 3.05) is 0 Å². The van der Waals surface area contributed by atoms with Gasteiger partial charge in [-0.3, -0.25) is 4.79 Å². The maximum absolute atomic E-state index is 10.8. The van der Waals surface area contributed by atoms with Crippen LogP contribution in [0.25, 0.3) is 10.2 Å². The molecule has 0 amide bonds. The summed E-state index contributed by atoms with van der Waals surface area (Å²) in [6, 6.07) is 7.74. The Morgan fingerprint density at radius 2 is 1.96 bits per heavy atom. The standard InChI is InChI=1S/C22H24ClNO3S/c1-12(2)22-24-21-16(9-17(23)10-19(21)28-22)11-27-18-7-5-15(6-8-20(25)26)13(3)14(18)4/h5,7,9-10,12H,6,8,11H2,1-4H3,(H,25,26). The Morgan fingerprint density at radius 3 is 2.64 bits per heavy atom. The number of carbonyl (C=O) groups is 1. The minimum atomic E-state index is -0.786. The summed E-state index contributed by atoms with van der Waals surface area (Å²) in [6.07, 6.45) is 0.650. The van der Waals surface area contributed by atoms with Crippen molar-refractivity contribution in [2.24, 2.45) is 0 Å². The van der Waals surface area contributed by atoms with E-state index >= 15 is 0 Å². The zero-order valence-corrected chi connectivity index (χ0v) is 18.1. The summed E-state index contributed by atoms with van der Waals surface area (Å²) in [5.41, 5.74) is 5.06. The summed E-state index contributed by atoms with van der Waals surface area (Å²) in [5.74, 6) is 0.378. The van der Waals surface area contributed by atoms with Gasteiger partial charge >= 0.3 is 5.97 Å². The molecule has 1 N–H and O–H groups in total. The van der Waals surface area contributed by atoms with Gasteiger partial charge in [0.05, 0.1) is 15.2 Å². The number of thiazole rings is 1. The highest BCUT2D eigenvalue weighted by atomic mass is 35.5. The number of aryl methyl sites for hydroxylation is 1. The lowest BCUT2D eigenvalue weighted by molar-refractivity contribution is -0.136. The lowest BCUT2D eigenvalue weighted by atomic mass is 9.99. The third-order valence-corrected chi connectivity index (χ3v) is 6.41. The molecule has 6 heteroatoms. The van der Waals surface area contributed by atoms with Crippen LogP contribution in [0.2, 0.25) is 5.02 Å². The predicted octanol–water partition coefficient (Wildman–Crippen LogP) is 6.29. The van der Waals surface area contributed by atoms with Crippen LogP contribution in [-0.4, -0.2) is 16.1 Å². The molecule has 0 fully saturated rings. The highest BCUT2D eigenvalue weighted by Gasteiger charge is 2.14. The number of aromatic nitrogens is 1. The largest absolute Gasteiger partial charge is 0.489 e. The van der Waals surface area contributed by atoms with Crippen molar-refractivity contribution in [3.05, 3.63) is 56.5 Å². The van der Waals surface area contributed by atoms with Crippen LogP contribution < -0.4 is 4.74 Å². The van der Waals surface area contributed by atoms with Gasteiger partial charge in [0.15, 0.2) is 0 Å². The van der Waals surface area contributed by atoms with E-state index in [4.69, 9.17) is 26.4 Å². The Labute approximate surface area is 174 Å². The number of carboxylic acid groups (broad SMARTS) is 1. The smallest absolute Gasteiger partial charge is 0.303 e. The van der Waals surface area contributed by atoms with E-state index in [1.54, 1.807) is 11.3 Å². The molecule has 3 aromatic rings. The van der Waals surface area contributed by atoms with Gasteiger partial charge in [0.25, 0.3) is 0 Å². The first-order chi connectivity index (χ1) is 13.3. The summed E-state index contributed by atoms with van der Waals surface area (Å²) in [7, 11) is 0. The molecule has 0 unspecified atom stereocenters. The Hall–Kier alpha value is -2.11. The van der Waals surface area contributed by atoms with Gasteiger partial charge in [-0.2, -0.15) is 0 Å². The first-order valence-corrected chi connectivity index (χ1v) is 10.5. The number of carboxylic acids is 1. The first kappa shape index (κ1) is 20.6. The normalized spacial score (nSPS) is 11.4. The molecule has 0 atom stereocenters. The van der Waals surface area contributed by atoms with Crippen LogP contribution in [0.3, 0.4) is 0 Å². The average molecular weight is 418 g/mol. The molecule has 28 heavy (non-hydrogen) atoms. The minimum absolute atomic E-state index is 0.128. The molecular formula is C22H24ClNO3S. The number of rotatable bonds is 7. The van der Waals surface area contributed by atoms with Gasteiger partial charge in [-0.15, -0.1) is 11.3 Å². The molecule has 0 aliphatic carbocycles. The molecule has 0 spiro atoms. The molecule has 1 heterocycles. The zero-order valence-electron chi connectivity index (χ0n) is 16.5. The lowest BCUT2D eigenvalue weighted by Crippen LogP contribution is -2.03. The SMILES string of the molecule is Cc1c(CCC(=O)O)ccc(OCc2cc(Cl)cc3sc(C(C)C)nc23)c1C. The predicted molar refractivity (Wildman–Crippen MR) is 115 cm³/mol. The number of hydrogen-bond acceptors (Lipinski definition) is 4. The van der Waals surface area contributed by atoms with Crippen LogP contribution in [0.5, 0.6) is 5.75 Å². The highest BCUT2D eigenvalue weighted by Crippen LogP contribution is 2.33. The molecule has 148 valence electrons. The van der Waals surface area contributed by atoms with Crippen molar-refractivity contribution in [2.45, 2.75) is 53.1 Å². The molecule has 0 radical (unpaired) electrons. The number of hydrogen-bond donors (Lipinski definition) is 1. The van der Waals surface area contributed by atoms with E-state index in [9.17, 15) is 4.79 Å². The van der Waals surface area contributed by atoms with Crippen LogP contribution in [0, 0.1) is 13.8 Å². The lowest BCUT2D eigenvalue weighted by Gasteiger charge is -2.14. The third-order valence-electron chi connectivity index (χ3n) is 4.89. The molecule has 4 nitrogen and oxygen atoms in total. The topological polar surface area (TPSA) is 59.4 Å². The van der Waals surface area contributed by atoms with Crippen LogP contribution in [-0.2, 0) is 17.8 Å². The average Bonchev–Trinajstić information content (AvgIpc) is 3.06. The van der Waals surface area contributed by atoms with Gasteiger partial charge in [-0.1, -0.05) is 31.5 Å². The summed E-state index contributed by atoms with van der Waals surface area (Å²) in [4.78, 5) is 15.6. The Morgan fingerprint density at radius 1 is 1.21 bits per heavy atom. The second kappa shape index (κ2) is 8.50. The summed E-state index contributed by atoms with van der Waals surface area (Å²) in [5, 5.41) is 10.7. The maximum Gasteiger partial charge on any atom is 0.303 e. The fourth-order valence-corrected chi connectivity index (χ4v) is 4.47. The van der Waals surface area contributed by atoms with Crippen LogP contribution in [0.1, 0.15) is 53.4 Å². The van der Waals surface area contributed by atoms with Gasteiger partial charge in [0.2, 0.25) is 0 Å². The Kier molecular flexibility index (Phi) is 6.26. The van der Waals surface area contributed by atoms with Crippen molar-refractivity contribution in [3.63, 3.8) is 0 Å². The summed E-state index contributed by atoms with van der Waals surface area (Å²) in [6.45, 7) is 8.66. The maximum atomic E-state index is 10.8. The molecule has 0 bridgehead atoms. The zero-order chi connectivity index (χ0) is 20.4. The van der Waals surface area contributed by atoms with Crippen LogP contribution in [0.4, 0.5) is 0 Å². The van der Waals surface area contributed by atoms with Gasteiger partial charge < -0.3 is 9.84 Å². The van der Waals surface area contributed by atoms with Crippen LogP contribution in [0.15, 0.2) is 24.3 Å². The van der Waals surface area contributed by atoms with E-state index in [0.29, 0.717) is 24.0 Å². The molecule has 0 aliphatic rings. The molecule has 0 saturated heterocycles. The first-order valence-electron chi connectivity index (χ1n) is 9.28. The third kappa shape index (κ3) is 4.47. The van der Waals surface area contributed by atoms with E-state index < -0.39 is 5.97 Å². The Bertz CT molecular complexity index is 1030. The number of ether oxygens (including phenoxy) is 1. The van der Waals surface area contributed by atoms with Crippen LogP contribution >= 0.6 is 22.9 Å². The quantitative estimate of drug-likeness (QED) is 0.491. The molecule has 2 aromatic carbocycles. The van der Waals surface area contributed by atoms with E-state index in [0.717, 1.165) is 43.2 Å². The second-order valence-electron chi connectivity index (χ2n) is 7.27. The monoisotopic (exact) mass is 417 g/mol. The van der Waals surface area contributed by atoms with Crippen molar-refractivity contribution in [1.82, 2.24) is 4.98 Å². The van der Waals surface area contributed by atoms with E-state index in [1.807, 2.05) is 38.1 Å². The fourth-order valence-electron chi connectivity index (χ4n) is 3.11. The second-order valence-corrected chi connectivity index (χ2v) is 8.77. The molecule has 3 rings (SSSR count). The highest BCUT2D eigenvalue weighted by molar-refractivity contribution is 7.18. The number of fused-ring (bicyclic) bond motifs is 1. The van der Waals surface area contributed by atoms with Gasteiger partial charge in [0, 0.05) is 22.9 Å². The van der Waals surface area contributed by atoms with E-state index in [-0.39, 0.29) is 6.42 Å². The van der Waals surface area contributed by atoms with Crippen molar-refractivity contribution < 1.29 is 14.6 Å². The van der Waals surface area contributed by atoms with Gasteiger partial charge in [-0.05, 0) is 55.2 Å². The van der Waals surface area contributed by atoms with Crippen molar-refractivity contribution in [1.29, 1.82) is 0 Å². The number of aliphatic carboxylic acids is 1. The van der Waals surface area contributed by atoms with Gasteiger partial charge in [0.1, 0.15) is 12.4 Å². The van der Waals surface area contributed by atoms with E-state index in [1.165, 1.54) is 0 Å². The number of halogens is 1. The number of benzene rings is 2. The fraction of sp³-hybridized carbons (Fsp3) is 0.364. The van der Waals surface area contributed by atoms with Crippen molar-refractivity contribution in [3.8, 4) is 5.75 Å². The summed E-state index contributed by atoms with van der Waals surface area (Å²) >= 11 is 7.98. The summed E-state index contributed by atoms with van der Waals surface area (Å²) < 4.78 is 7.18. The molecule has 1 aromatic heterocycles. The number of nitrogens with zero attached hydrogens (tertiary/aromatic N) is 1. The molecular weight excluding hydrogens is 394 g/mol. The minimum Gasteiger partial charge on any atom is -0.489 e. The van der Waals surface area contributed by atoms with Gasteiger partial charge in [-0.25, -0.2) is 4.98 Å². The Balaban J connectivity index is 1.84. The van der Waals surface area contributed by atoms with E-state index in [2.05, 4.69) is 13.8 Å². The molecule has 0 saturated carbocycles. The van der Waals surface area contributed by atoms with Crippen molar-refractivity contribution >= 4 is 39.1 Å². The molecule has 0 aliphatic heterocycles.